The molecule has 1 aromatic rings. The van der Waals surface area contributed by atoms with Crippen LogP contribution in [-0.4, -0.2) is 44.9 Å². The molecule has 1 fully saturated rings. The minimum Gasteiger partial charge on any atom is -0.395 e. The fourth-order valence-corrected chi connectivity index (χ4v) is 2.80. The van der Waals surface area contributed by atoms with Crippen LogP contribution in [0.1, 0.15) is 38.5 Å². The van der Waals surface area contributed by atoms with Crippen molar-refractivity contribution in [2.45, 2.75) is 51.1 Å². The minimum atomic E-state index is 0.0456. The van der Waals surface area contributed by atoms with Crippen molar-refractivity contribution in [3.05, 3.63) is 18.5 Å². The molecular formula is C14H23N3O2. The number of hydrogen-bond acceptors (Lipinski definition) is 3. The number of aliphatic hydroxyl groups is 1. The van der Waals surface area contributed by atoms with Crippen LogP contribution in [0.25, 0.3) is 0 Å². The van der Waals surface area contributed by atoms with E-state index < -0.39 is 0 Å². The van der Waals surface area contributed by atoms with Crippen LogP contribution in [0.4, 0.5) is 0 Å². The highest BCUT2D eigenvalue weighted by Crippen LogP contribution is 2.23. The molecule has 1 aromatic heterocycles. The highest BCUT2D eigenvalue weighted by molar-refractivity contribution is 5.76. The zero-order valence-corrected chi connectivity index (χ0v) is 11.4. The highest BCUT2D eigenvalue weighted by Gasteiger charge is 2.24. The Kier molecular flexibility index (Phi) is 5.39. The number of aryl methyl sites for hydroxylation is 1. The lowest BCUT2D eigenvalue weighted by molar-refractivity contribution is -0.135. The van der Waals surface area contributed by atoms with E-state index in [1.54, 1.807) is 10.9 Å². The molecule has 1 heterocycles. The average Bonchev–Trinajstić information content (AvgIpc) is 2.96. The number of aromatic nitrogens is 2. The molecule has 19 heavy (non-hydrogen) atoms. The first-order valence-electron chi connectivity index (χ1n) is 7.19. The molecule has 1 amide bonds. The zero-order valence-electron chi connectivity index (χ0n) is 11.4. The summed E-state index contributed by atoms with van der Waals surface area (Å²) in [6.07, 6.45) is 9.85. The summed E-state index contributed by atoms with van der Waals surface area (Å²) in [4.78, 5) is 14.2. The third kappa shape index (κ3) is 4.06. The summed E-state index contributed by atoms with van der Waals surface area (Å²) in [5.74, 6) is 0.136. The van der Waals surface area contributed by atoms with Gasteiger partial charge in [0.15, 0.2) is 0 Å². The second kappa shape index (κ2) is 7.28. The summed E-state index contributed by atoms with van der Waals surface area (Å²) in [5.41, 5.74) is 0. The molecule has 0 radical (unpaired) electrons. The van der Waals surface area contributed by atoms with Gasteiger partial charge < -0.3 is 10.0 Å². The molecule has 5 heteroatoms. The fourth-order valence-electron chi connectivity index (χ4n) is 2.80. The maximum atomic E-state index is 12.3. The van der Waals surface area contributed by atoms with Crippen LogP contribution in [-0.2, 0) is 11.3 Å². The van der Waals surface area contributed by atoms with Gasteiger partial charge in [-0.2, -0.15) is 5.10 Å². The Balaban J connectivity index is 1.87. The van der Waals surface area contributed by atoms with Gasteiger partial charge in [-0.1, -0.05) is 19.3 Å². The van der Waals surface area contributed by atoms with Gasteiger partial charge in [0.2, 0.25) is 5.91 Å². The predicted molar refractivity (Wildman–Crippen MR) is 72.5 cm³/mol. The van der Waals surface area contributed by atoms with Crippen molar-refractivity contribution in [3.63, 3.8) is 0 Å². The summed E-state index contributed by atoms with van der Waals surface area (Å²) < 4.78 is 1.77. The van der Waals surface area contributed by atoms with E-state index in [0.29, 0.717) is 25.6 Å². The van der Waals surface area contributed by atoms with Gasteiger partial charge in [0.1, 0.15) is 0 Å². The van der Waals surface area contributed by atoms with Gasteiger partial charge in [-0.3, -0.25) is 9.48 Å². The van der Waals surface area contributed by atoms with Crippen molar-refractivity contribution in [1.82, 2.24) is 14.7 Å². The van der Waals surface area contributed by atoms with Gasteiger partial charge in [0.25, 0.3) is 0 Å². The van der Waals surface area contributed by atoms with Crippen molar-refractivity contribution < 1.29 is 9.90 Å². The first kappa shape index (κ1) is 14.1. The molecule has 0 saturated heterocycles. The number of aliphatic hydroxyl groups excluding tert-OH is 1. The normalized spacial score (nSPS) is 16.5. The molecule has 0 aromatic carbocycles. The third-order valence-electron chi connectivity index (χ3n) is 3.79. The molecule has 0 spiro atoms. The van der Waals surface area contributed by atoms with Crippen LogP contribution in [0.15, 0.2) is 18.5 Å². The molecule has 1 aliphatic carbocycles. The van der Waals surface area contributed by atoms with Gasteiger partial charge in [-0.25, -0.2) is 0 Å². The monoisotopic (exact) mass is 265 g/mol. The Morgan fingerprint density at radius 1 is 1.37 bits per heavy atom. The molecule has 1 N–H and O–H groups in total. The third-order valence-corrected chi connectivity index (χ3v) is 3.79. The van der Waals surface area contributed by atoms with Crippen LogP contribution >= 0.6 is 0 Å². The Bertz CT molecular complexity index is 372. The number of nitrogens with zero attached hydrogens (tertiary/aromatic N) is 3. The molecular weight excluding hydrogens is 242 g/mol. The maximum absolute atomic E-state index is 12.3. The Labute approximate surface area is 114 Å². The van der Waals surface area contributed by atoms with Crippen LogP contribution in [0.2, 0.25) is 0 Å². The van der Waals surface area contributed by atoms with E-state index in [2.05, 4.69) is 5.10 Å². The topological polar surface area (TPSA) is 58.4 Å². The smallest absolute Gasteiger partial charge is 0.224 e. The molecule has 0 aliphatic heterocycles. The first-order valence-corrected chi connectivity index (χ1v) is 7.19. The Hall–Kier alpha value is -1.36. The molecule has 2 rings (SSSR count). The van der Waals surface area contributed by atoms with E-state index >= 15 is 0 Å². The van der Waals surface area contributed by atoms with E-state index in [9.17, 15) is 4.79 Å². The van der Waals surface area contributed by atoms with E-state index in [1.807, 2.05) is 17.2 Å². The fraction of sp³-hybridized carbons (Fsp3) is 0.714. The molecule has 106 valence electrons. The van der Waals surface area contributed by atoms with Crippen molar-refractivity contribution in [2.24, 2.45) is 0 Å². The lowest BCUT2D eigenvalue weighted by atomic mass is 9.94. The summed E-state index contributed by atoms with van der Waals surface area (Å²) in [6.45, 7) is 1.12. The zero-order chi connectivity index (χ0) is 13.5. The average molecular weight is 265 g/mol. The van der Waals surface area contributed by atoms with E-state index in [1.165, 1.54) is 19.3 Å². The quantitative estimate of drug-likeness (QED) is 0.846. The summed E-state index contributed by atoms with van der Waals surface area (Å²) in [6, 6.07) is 2.18. The SMILES string of the molecule is O=C(CCn1cccn1)N(CCO)C1CCCCC1. The molecule has 5 nitrogen and oxygen atoms in total. The lowest BCUT2D eigenvalue weighted by Crippen LogP contribution is -2.43. The molecule has 0 bridgehead atoms. The molecule has 1 saturated carbocycles. The van der Waals surface area contributed by atoms with Gasteiger partial charge in [0.05, 0.1) is 6.61 Å². The van der Waals surface area contributed by atoms with Crippen molar-refractivity contribution in [3.8, 4) is 0 Å². The summed E-state index contributed by atoms with van der Waals surface area (Å²) >= 11 is 0. The Morgan fingerprint density at radius 3 is 2.79 bits per heavy atom. The van der Waals surface area contributed by atoms with E-state index in [0.717, 1.165) is 12.8 Å². The second-order valence-electron chi connectivity index (χ2n) is 5.12. The molecule has 0 atom stereocenters. The minimum absolute atomic E-state index is 0.0456. The summed E-state index contributed by atoms with van der Waals surface area (Å²) in [7, 11) is 0. The number of carbonyl (C=O) groups excluding carboxylic acids is 1. The molecule has 0 unspecified atom stereocenters. The number of hydrogen-bond donors (Lipinski definition) is 1. The first-order chi connectivity index (χ1) is 9.31. The van der Waals surface area contributed by atoms with Gasteiger partial charge in [-0.05, 0) is 18.9 Å². The summed E-state index contributed by atoms with van der Waals surface area (Å²) in [5, 5.41) is 13.3. The molecule has 1 aliphatic rings. The van der Waals surface area contributed by atoms with Gasteiger partial charge in [-0.15, -0.1) is 0 Å². The Morgan fingerprint density at radius 2 is 2.16 bits per heavy atom. The second-order valence-corrected chi connectivity index (χ2v) is 5.12. The van der Waals surface area contributed by atoms with E-state index in [4.69, 9.17) is 5.11 Å². The standard InChI is InChI=1S/C14H23N3O2/c18-12-11-17(13-5-2-1-3-6-13)14(19)7-10-16-9-4-8-15-16/h4,8-9,13,18H,1-3,5-7,10-12H2. The number of carbonyl (C=O) groups is 1. The van der Waals surface area contributed by atoms with Gasteiger partial charge in [0, 0.05) is 37.9 Å². The van der Waals surface area contributed by atoms with Crippen LogP contribution in [0.5, 0.6) is 0 Å². The van der Waals surface area contributed by atoms with Gasteiger partial charge >= 0.3 is 0 Å². The lowest BCUT2D eigenvalue weighted by Gasteiger charge is -2.34. The maximum Gasteiger partial charge on any atom is 0.224 e. The van der Waals surface area contributed by atoms with Crippen molar-refractivity contribution >= 4 is 5.91 Å². The highest BCUT2D eigenvalue weighted by atomic mass is 16.3. The predicted octanol–water partition coefficient (Wildman–Crippen LogP) is 1.43. The largest absolute Gasteiger partial charge is 0.395 e. The van der Waals surface area contributed by atoms with Crippen molar-refractivity contribution in [2.75, 3.05) is 13.2 Å². The van der Waals surface area contributed by atoms with Crippen molar-refractivity contribution in [1.29, 1.82) is 0 Å². The van der Waals surface area contributed by atoms with Crippen LogP contribution < -0.4 is 0 Å². The van der Waals surface area contributed by atoms with Crippen LogP contribution in [0.3, 0.4) is 0 Å². The number of amides is 1. The van der Waals surface area contributed by atoms with E-state index in [-0.39, 0.29) is 12.5 Å². The van der Waals surface area contributed by atoms with Crippen LogP contribution in [0, 0.1) is 0 Å². The number of rotatable bonds is 6.